The van der Waals surface area contributed by atoms with Gasteiger partial charge in [-0.3, -0.25) is 9.36 Å². The predicted molar refractivity (Wildman–Crippen MR) is 82.4 cm³/mol. The number of carbonyl (C=O) groups excluding carboxylic acids is 2. The summed E-state index contributed by atoms with van der Waals surface area (Å²) < 4.78 is 31.6. The molecule has 9 nitrogen and oxygen atoms in total. The Morgan fingerprint density at radius 2 is 1.79 bits per heavy atom. The van der Waals surface area contributed by atoms with Crippen LogP contribution in [0.4, 0.5) is 0 Å². The number of hydrogen-bond acceptors (Lipinski definition) is 9. The molecule has 1 aliphatic rings. The van der Waals surface area contributed by atoms with E-state index in [9.17, 15) is 24.4 Å². The number of ether oxygens (including phenoxy) is 2. The van der Waals surface area contributed by atoms with Crippen LogP contribution in [0.1, 0.15) is 26.2 Å². The summed E-state index contributed by atoms with van der Waals surface area (Å²) in [5.74, 6) is -2.11. The van der Waals surface area contributed by atoms with Crippen LogP contribution in [0.15, 0.2) is 0 Å². The predicted octanol–water partition coefficient (Wildman–Crippen LogP) is 0.469. The molecular formula is C14H25O9P. The van der Waals surface area contributed by atoms with Crippen molar-refractivity contribution < 1.29 is 42.9 Å². The van der Waals surface area contributed by atoms with Crippen LogP contribution >= 0.6 is 7.60 Å². The molecule has 0 aromatic carbocycles. The largest absolute Gasteiger partial charge is 0.467 e. The van der Waals surface area contributed by atoms with Gasteiger partial charge >= 0.3 is 19.5 Å². The molecule has 0 bridgehead atoms. The lowest BCUT2D eigenvalue weighted by molar-refractivity contribution is -0.190. The van der Waals surface area contributed by atoms with Crippen molar-refractivity contribution >= 4 is 19.5 Å². The van der Waals surface area contributed by atoms with Gasteiger partial charge in [0.1, 0.15) is 6.10 Å². The minimum atomic E-state index is -3.32. The second-order valence-corrected chi connectivity index (χ2v) is 8.22. The van der Waals surface area contributed by atoms with Crippen LogP contribution in [0, 0.1) is 5.92 Å². The number of aliphatic hydroxyl groups is 2. The van der Waals surface area contributed by atoms with E-state index in [1.807, 2.05) is 0 Å². The molecule has 1 fully saturated rings. The van der Waals surface area contributed by atoms with Gasteiger partial charge in [0, 0.05) is 33.5 Å². The molecule has 24 heavy (non-hydrogen) atoms. The van der Waals surface area contributed by atoms with E-state index >= 15 is 0 Å². The maximum Gasteiger partial charge on any atom is 0.337 e. The summed E-state index contributed by atoms with van der Waals surface area (Å²) in [5, 5.41) is 20.7. The van der Waals surface area contributed by atoms with Gasteiger partial charge in [0.15, 0.2) is 5.60 Å². The molecule has 0 radical (unpaired) electrons. The summed E-state index contributed by atoms with van der Waals surface area (Å²) in [7, 11) is 0.297. The fraction of sp³-hybridized carbons (Fsp3) is 0.857. The van der Waals surface area contributed by atoms with Gasteiger partial charge < -0.3 is 28.7 Å². The quantitative estimate of drug-likeness (QED) is 0.486. The van der Waals surface area contributed by atoms with Crippen molar-refractivity contribution in [2.45, 2.75) is 44.0 Å². The fourth-order valence-corrected chi connectivity index (χ4v) is 4.14. The summed E-state index contributed by atoms with van der Waals surface area (Å²) in [5.41, 5.74) is -1.90. The van der Waals surface area contributed by atoms with Crippen LogP contribution in [-0.4, -0.2) is 67.5 Å². The van der Waals surface area contributed by atoms with Gasteiger partial charge in [-0.2, -0.15) is 0 Å². The molecule has 0 aliphatic heterocycles. The Morgan fingerprint density at radius 1 is 1.21 bits per heavy atom. The number of aliphatic hydroxyl groups excluding tert-OH is 1. The van der Waals surface area contributed by atoms with Crippen molar-refractivity contribution in [3.05, 3.63) is 0 Å². The van der Waals surface area contributed by atoms with E-state index in [1.165, 1.54) is 21.1 Å². The highest BCUT2D eigenvalue weighted by atomic mass is 31.2. The van der Waals surface area contributed by atoms with Crippen LogP contribution in [0.5, 0.6) is 0 Å². The first-order valence-corrected chi connectivity index (χ1v) is 9.20. The monoisotopic (exact) mass is 368 g/mol. The zero-order valence-corrected chi connectivity index (χ0v) is 15.2. The zero-order valence-electron chi connectivity index (χ0n) is 14.3. The minimum absolute atomic E-state index is 0.0214. The number of carbonyl (C=O) groups is 2. The molecular weight excluding hydrogens is 343 g/mol. The Labute approximate surface area is 140 Å². The highest BCUT2D eigenvalue weighted by molar-refractivity contribution is 7.53. The molecule has 140 valence electrons. The lowest BCUT2D eigenvalue weighted by Gasteiger charge is -2.42. The first-order valence-electron chi connectivity index (χ1n) is 7.47. The van der Waals surface area contributed by atoms with Crippen molar-refractivity contribution in [1.82, 2.24) is 0 Å². The molecule has 0 aromatic heterocycles. The molecule has 10 heteroatoms. The van der Waals surface area contributed by atoms with E-state index in [0.29, 0.717) is 0 Å². The summed E-state index contributed by atoms with van der Waals surface area (Å²) in [6, 6.07) is 0. The van der Waals surface area contributed by atoms with E-state index in [2.05, 4.69) is 4.74 Å². The molecule has 1 saturated carbocycles. The lowest BCUT2D eigenvalue weighted by atomic mass is 9.73. The van der Waals surface area contributed by atoms with Crippen molar-refractivity contribution in [3.8, 4) is 0 Å². The van der Waals surface area contributed by atoms with E-state index in [0.717, 1.165) is 7.11 Å². The molecule has 4 atom stereocenters. The fourth-order valence-electron chi connectivity index (χ4n) is 2.98. The standard InChI is InChI=1S/C14H25O9P/c1-9(15)23-12-10(5-6-24(19,21-3)22-4)7-14(18,8-11(12)16)13(17)20-2/h10-12,16,18H,5-8H2,1-4H3/t10-,11-,12-,14+/m1/s1. The van der Waals surface area contributed by atoms with Gasteiger partial charge in [-0.05, 0) is 12.8 Å². The number of hydrogen-bond donors (Lipinski definition) is 2. The maximum atomic E-state index is 12.2. The molecule has 0 aromatic rings. The third-order valence-electron chi connectivity index (χ3n) is 4.19. The summed E-state index contributed by atoms with van der Waals surface area (Å²) in [6.45, 7) is 1.19. The highest BCUT2D eigenvalue weighted by Gasteiger charge is 2.51. The van der Waals surface area contributed by atoms with Crippen LogP contribution in [0.25, 0.3) is 0 Å². The topological polar surface area (TPSA) is 129 Å². The van der Waals surface area contributed by atoms with E-state index in [1.54, 1.807) is 0 Å². The van der Waals surface area contributed by atoms with Gasteiger partial charge in [0.05, 0.1) is 19.4 Å². The second-order valence-electron chi connectivity index (χ2n) is 5.82. The summed E-state index contributed by atoms with van der Waals surface area (Å²) in [4.78, 5) is 23.1. The molecule has 0 amide bonds. The minimum Gasteiger partial charge on any atom is -0.467 e. The number of rotatable bonds is 7. The highest BCUT2D eigenvalue weighted by Crippen LogP contribution is 2.49. The first-order chi connectivity index (χ1) is 11.1. The van der Waals surface area contributed by atoms with Crippen molar-refractivity contribution in [3.63, 3.8) is 0 Å². The van der Waals surface area contributed by atoms with Gasteiger partial charge in [0.2, 0.25) is 0 Å². The zero-order chi connectivity index (χ0) is 18.5. The summed E-state index contributed by atoms with van der Waals surface area (Å²) in [6.07, 6.45) is -2.50. The van der Waals surface area contributed by atoms with Crippen molar-refractivity contribution in [2.24, 2.45) is 5.92 Å². The lowest BCUT2D eigenvalue weighted by Crippen LogP contribution is -2.55. The average Bonchev–Trinajstić information content (AvgIpc) is 2.54. The molecule has 0 heterocycles. The second kappa shape index (κ2) is 8.40. The molecule has 2 N–H and O–H groups in total. The number of esters is 2. The van der Waals surface area contributed by atoms with Gasteiger partial charge in [-0.1, -0.05) is 0 Å². The first kappa shape index (κ1) is 21.1. The van der Waals surface area contributed by atoms with Crippen LogP contribution in [-0.2, 0) is 32.7 Å². The Balaban J connectivity index is 2.99. The van der Waals surface area contributed by atoms with Gasteiger partial charge in [0.25, 0.3) is 0 Å². The third kappa shape index (κ3) is 5.00. The van der Waals surface area contributed by atoms with E-state index in [4.69, 9.17) is 13.8 Å². The van der Waals surface area contributed by atoms with Gasteiger partial charge in [-0.25, -0.2) is 4.79 Å². The molecule has 1 rings (SSSR count). The molecule has 1 aliphatic carbocycles. The third-order valence-corrected chi connectivity index (χ3v) is 6.11. The van der Waals surface area contributed by atoms with Gasteiger partial charge in [-0.15, -0.1) is 0 Å². The van der Waals surface area contributed by atoms with Crippen LogP contribution in [0.3, 0.4) is 0 Å². The van der Waals surface area contributed by atoms with E-state index in [-0.39, 0.29) is 25.4 Å². The summed E-state index contributed by atoms with van der Waals surface area (Å²) >= 11 is 0. The normalized spacial score (nSPS) is 30.7. The molecule has 0 unspecified atom stereocenters. The Kier molecular flexibility index (Phi) is 7.37. The van der Waals surface area contributed by atoms with E-state index < -0.39 is 43.3 Å². The van der Waals surface area contributed by atoms with Crippen LogP contribution < -0.4 is 0 Å². The maximum absolute atomic E-state index is 12.2. The molecule has 0 saturated heterocycles. The van der Waals surface area contributed by atoms with Crippen molar-refractivity contribution in [2.75, 3.05) is 27.5 Å². The Morgan fingerprint density at radius 3 is 2.25 bits per heavy atom. The number of methoxy groups -OCH3 is 1. The average molecular weight is 368 g/mol. The van der Waals surface area contributed by atoms with Crippen LogP contribution in [0.2, 0.25) is 0 Å². The SMILES string of the molecule is COC(=O)[C@]1(O)C[C@@H](CCP(=O)(OC)OC)[C@@H](OC(C)=O)[C@H](O)C1. The smallest absolute Gasteiger partial charge is 0.337 e. The Bertz CT molecular complexity index is 500. The molecule has 0 spiro atoms. The van der Waals surface area contributed by atoms with Crippen molar-refractivity contribution in [1.29, 1.82) is 0 Å². The Hall–Kier alpha value is -0.990.